The summed E-state index contributed by atoms with van der Waals surface area (Å²) in [4.78, 5) is 0. The van der Waals surface area contributed by atoms with Gasteiger partial charge in [0.15, 0.2) is 5.82 Å². The van der Waals surface area contributed by atoms with Crippen LogP contribution in [0.2, 0.25) is 0 Å². The van der Waals surface area contributed by atoms with Crippen molar-refractivity contribution in [3.63, 3.8) is 0 Å². The molecule has 0 unspecified atom stereocenters. The first-order valence-corrected chi connectivity index (χ1v) is 4.73. The van der Waals surface area contributed by atoms with Crippen LogP contribution in [0.25, 0.3) is 5.52 Å². The molecule has 0 aliphatic carbocycles. The Kier molecular flexibility index (Phi) is 2.58. The van der Waals surface area contributed by atoms with Gasteiger partial charge in [-0.2, -0.15) is 13.2 Å². The predicted octanol–water partition coefficient (Wildman–Crippen LogP) is 3.47. The summed E-state index contributed by atoms with van der Waals surface area (Å²) < 4.78 is 52.1. The van der Waals surface area contributed by atoms with Crippen molar-refractivity contribution < 1.29 is 17.6 Å². The van der Waals surface area contributed by atoms with Gasteiger partial charge in [-0.15, -0.1) is 5.92 Å². The van der Waals surface area contributed by atoms with Crippen LogP contribution < -0.4 is 0 Å². The molecule has 1 nitrogen and oxygen atoms in total. The quantitative estimate of drug-likeness (QED) is 0.491. The van der Waals surface area contributed by atoms with Crippen LogP contribution in [0.1, 0.15) is 18.1 Å². The van der Waals surface area contributed by atoms with E-state index in [0.717, 1.165) is 12.3 Å². The number of alkyl halides is 3. The molecule has 0 aliphatic heterocycles. The number of nitrogens with zero attached hydrogens (tertiary/aromatic N) is 1. The van der Waals surface area contributed by atoms with Crippen molar-refractivity contribution in [3.8, 4) is 11.8 Å². The predicted molar refractivity (Wildman–Crippen MR) is 54.9 cm³/mol. The molecule has 0 bridgehead atoms. The van der Waals surface area contributed by atoms with Gasteiger partial charge in [0.2, 0.25) is 0 Å². The molecule has 88 valence electrons. The first-order valence-electron chi connectivity index (χ1n) is 4.73. The van der Waals surface area contributed by atoms with Crippen molar-refractivity contribution in [1.82, 2.24) is 4.40 Å². The van der Waals surface area contributed by atoms with E-state index in [2.05, 4.69) is 11.8 Å². The van der Waals surface area contributed by atoms with E-state index in [1.807, 2.05) is 0 Å². The van der Waals surface area contributed by atoms with Crippen molar-refractivity contribution in [3.05, 3.63) is 41.5 Å². The average Bonchev–Trinajstić information content (AvgIpc) is 2.59. The summed E-state index contributed by atoms with van der Waals surface area (Å²) in [5.41, 5.74) is -0.589. The van der Waals surface area contributed by atoms with Crippen molar-refractivity contribution in [2.24, 2.45) is 0 Å². The van der Waals surface area contributed by atoms with Crippen LogP contribution in [0, 0.1) is 17.7 Å². The number of halogens is 4. The third-order valence-corrected chi connectivity index (χ3v) is 2.31. The Morgan fingerprint density at radius 3 is 2.59 bits per heavy atom. The highest BCUT2D eigenvalue weighted by Gasteiger charge is 2.34. The van der Waals surface area contributed by atoms with Crippen LogP contribution in [0.4, 0.5) is 17.6 Å². The molecule has 0 aromatic carbocycles. The Morgan fingerprint density at radius 1 is 1.29 bits per heavy atom. The minimum absolute atomic E-state index is 0.244. The second-order valence-corrected chi connectivity index (χ2v) is 3.43. The van der Waals surface area contributed by atoms with Gasteiger partial charge in [-0.1, -0.05) is 5.92 Å². The van der Waals surface area contributed by atoms with E-state index in [-0.39, 0.29) is 5.52 Å². The van der Waals surface area contributed by atoms with Crippen molar-refractivity contribution in [2.75, 3.05) is 0 Å². The zero-order chi connectivity index (χ0) is 12.6. The lowest BCUT2D eigenvalue weighted by atomic mass is 10.2. The highest BCUT2D eigenvalue weighted by Crippen LogP contribution is 2.32. The van der Waals surface area contributed by atoms with Gasteiger partial charge in [-0.25, -0.2) is 4.39 Å². The molecular weight excluding hydrogens is 234 g/mol. The second kappa shape index (κ2) is 3.81. The smallest absolute Gasteiger partial charge is 0.320 e. The SMILES string of the molecule is CC#Cc1ccn2cc(F)c(C(F)(F)F)cc12. The van der Waals surface area contributed by atoms with Crippen LogP contribution in [0.5, 0.6) is 0 Å². The van der Waals surface area contributed by atoms with E-state index < -0.39 is 17.6 Å². The molecule has 2 rings (SSSR count). The van der Waals surface area contributed by atoms with Crippen LogP contribution in [0.15, 0.2) is 24.5 Å². The summed E-state index contributed by atoms with van der Waals surface area (Å²) in [6.07, 6.45) is -2.43. The minimum Gasteiger partial charge on any atom is -0.320 e. The van der Waals surface area contributed by atoms with Gasteiger partial charge in [0.25, 0.3) is 0 Å². The maximum Gasteiger partial charge on any atom is 0.419 e. The zero-order valence-corrected chi connectivity index (χ0v) is 8.77. The lowest BCUT2D eigenvalue weighted by molar-refractivity contribution is -0.139. The molecule has 0 aliphatic rings. The van der Waals surface area contributed by atoms with Crippen molar-refractivity contribution >= 4 is 5.52 Å². The Labute approximate surface area is 94.7 Å². The Balaban J connectivity index is 2.75. The normalized spacial score (nSPS) is 11.4. The van der Waals surface area contributed by atoms with Gasteiger partial charge in [-0.3, -0.25) is 0 Å². The highest BCUT2D eigenvalue weighted by atomic mass is 19.4. The van der Waals surface area contributed by atoms with Gasteiger partial charge in [0.05, 0.1) is 11.1 Å². The lowest BCUT2D eigenvalue weighted by Crippen LogP contribution is -2.09. The molecule has 0 saturated heterocycles. The lowest BCUT2D eigenvalue weighted by Gasteiger charge is -2.08. The van der Waals surface area contributed by atoms with E-state index in [0.29, 0.717) is 5.56 Å². The molecule has 0 saturated carbocycles. The van der Waals surface area contributed by atoms with Gasteiger partial charge in [0.1, 0.15) is 0 Å². The van der Waals surface area contributed by atoms with E-state index in [9.17, 15) is 17.6 Å². The molecule has 0 fully saturated rings. The van der Waals surface area contributed by atoms with E-state index in [4.69, 9.17) is 0 Å². The fourth-order valence-electron chi connectivity index (χ4n) is 1.58. The molecule has 5 heteroatoms. The first-order chi connectivity index (χ1) is 7.93. The van der Waals surface area contributed by atoms with Crippen molar-refractivity contribution in [1.29, 1.82) is 0 Å². The first kappa shape index (κ1) is 11.5. The van der Waals surface area contributed by atoms with Crippen LogP contribution >= 0.6 is 0 Å². The molecule has 0 radical (unpaired) electrons. The summed E-state index contributed by atoms with van der Waals surface area (Å²) in [7, 11) is 0. The molecule has 0 atom stereocenters. The summed E-state index contributed by atoms with van der Waals surface area (Å²) in [6.45, 7) is 1.58. The highest BCUT2D eigenvalue weighted by molar-refractivity contribution is 5.64. The molecule has 0 amide bonds. The zero-order valence-electron chi connectivity index (χ0n) is 8.77. The van der Waals surface area contributed by atoms with E-state index in [1.54, 1.807) is 13.0 Å². The number of fused-ring (bicyclic) bond motifs is 1. The molecule has 2 aromatic rings. The minimum atomic E-state index is -4.70. The largest absolute Gasteiger partial charge is 0.419 e. The van der Waals surface area contributed by atoms with Crippen LogP contribution in [-0.2, 0) is 6.18 Å². The van der Waals surface area contributed by atoms with Crippen molar-refractivity contribution in [2.45, 2.75) is 13.1 Å². The fraction of sp³-hybridized carbons (Fsp3) is 0.167. The topological polar surface area (TPSA) is 4.41 Å². The summed E-state index contributed by atoms with van der Waals surface area (Å²) in [5, 5.41) is 0. The second-order valence-electron chi connectivity index (χ2n) is 3.43. The van der Waals surface area contributed by atoms with Gasteiger partial charge in [-0.05, 0) is 19.1 Å². The number of pyridine rings is 1. The summed E-state index contributed by atoms with van der Waals surface area (Å²) in [5.74, 6) is 3.97. The molecule has 0 N–H and O–H groups in total. The summed E-state index contributed by atoms with van der Waals surface area (Å²) in [6, 6.07) is 2.32. The number of aromatic nitrogens is 1. The van der Waals surface area contributed by atoms with E-state index >= 15 is 0 Å². The fourth-order valence-corrected chi connectivity index (χ4v) is 1.58. The van der Waals surface area contributed by atoms with E-state index in [1.165, 1.54) is 10.6 Å². The Morgan fingerprint density at radius 2 is 2.00 bits per heavy atom. The number of rotatable bonds is 0. The monoisotopic (exact) mass is 241 g/mol. The molecule has 2 aromatic heterocycles. The molecule has 2 heterocycles. The van der Waals surface area contributed by atoms with Crippen LogP contribution in [0.3, 0.4) is 0 Å². The average molecular weight is 241 g/mol. The third kappa shape index (κ3) is 1.98. The molecule has 0 spiro atoms. The standard InChI is InChI=1S/C12H7F4N/c1-2-3-8-4-5-17-7-10(13)9(6-11(8)17)12(14,15)16/h4-7H,1H3. The van der Waals surface area contributed by atoms with Crippen LogP contribution in [-0.4, -0.2) is 4.40 Å². The van der Waals surface area contributed by atoms with Gasteiger partial charge in [0, 0.05) is 18.0 Å². The maximum absolute atomic E-state index is 13.2. The van der Waals surface area contributed by atoms with Gasteiger partial charge < -0.3 is 4.40 Å². The molecule has 17 heavy (non-hydrogen) atoms. The number of hydrogen-bond acceptors (Lipinski definition) is 0. The third-order valence-electron chi connectivity index (χ3n) is 2.31. The van der Waals surface area contributed by atoms with Gasteiger partial charge >= 0.3 is 6.18 Å². The maximum atomic E-state index is 13.2. The number of hydrogen-bond donors (Lipinski definition) is 0. The Hall–Kier alpha value is -1.96. The molecular formula is C12H7F4N. The Bertz CT molecular complexity index is 625. The summed E-state index contributed by atoms with van der Waals surface area (Å²) >= 11 is 0.